The van der Waals surface area contributed by atoms with Crippen molar-refractivity contribution in [3.8, 4) is 0 Å². The summed E-state index contributed by atoms with van der Waals surface area (Å²) in [6.07, 6.45) is -0.619. The van der Waals surface area contributed by atoms with Crippen LogP contribution in [0.1, 0.15) is 24.2 Å². The lowest BCUT2D eigenvalue weighted by Gasteiger charge is -2.10. The normalized spacial score (nSPS) is 15.1. The van der Waals surface area contributed by atoms with Crippen molar-refractivity contribution in [3.05, 3.63) is 34.3 Å². The van der Waals surface area contributed by atoms with Gasteiger partial charge in [0.05, 0.1) is 6.10 Å². The summed E-state index contributed by atoms with van der Waals surface area (Å²) in [6, 6.07) is 4.86. The van der Waals surface area contributed by atoms with Gasteiger partial charge in [-0.25, -0.2) is 0 Å². The van der Waals surface area contributed by atoms with Gasteiger partial charge >= 0.3 is 0 Å². The standard InChI is InChI=1S/C9H11ClO3S/c1-6(11)7-2-3-9(10)8(4-7)5-14(12)13/h2-4,6,11H,5H2,1H3,(H,12,13)/p-1. The second-order valence-electron chi connectivity index (χ2n) is 2.97. The van der Waals surface area contributed by atoms with E-state index in [-0.39, 0.29) is 5.75 Å². The maximum absolute atomic E-state index is 10.5. The first-order valence-corrected chi connectivity index (χ1v) is 5.65. The highest BCUT2D eigenvalue weighted by Crippen LogP contribution is 2.22. The van der Waals surface area contributed by atoms with Crippen molar-refractivity contribution >= 4 is 22.7 Å². The van der Waals surface area contributed by atoms with Crippen molar-refractivity contribution in [1.29, 1.82) is 0 Å². The molecule has 14 heavy (non-hydrogen) atoms. The molecule has 2 atom stereocenters. The number of benzene rings is 1. The van der Waals surface area contributed by atoms with Gasteiger partial charge in [-0.15, -0.1) is 0 Å². The molecule has 1 aromatic carbocycles. The lowest BCUT2D eigenvalue weighted by molar-refractivity contribution is 0.199. The molecule has 0 aliphatic rings. The van der Waals surface area contributed by atoms with Crippen LogP contribution in [0.15, 0.2) is 18.2 Å². The highest BCUT2D eigenvalue weighted by molar-refractivity contribution is 7.78. The summed E-state index contributed by atoms with van der Waals surface area (Å²) in [4.78, 5) is 0. The molecule has 0 spiro atoms. The third kappa shape index (κ3) is 3.06. The molecule has 0 bridgehead atoms. The van der Waals surface area contributed by atoms with E-state index in [1.54, 1.807) is 25.1 Å². The molecule has 0 aliphatic heterocycles. The number of aliphatic hydroxyl groups is 1. The van der Waals surface area contributed by atoms with Gasteiger partial charge in [-0.05, 0) is 24.1 Å². The molecule has 1 rings (SSSR count). The predicted molar refractivity (Wildman–Crippen MR) is 54.7 cm³/mol. The Morgan fingerprint density at radius 2 is 2.29 bits per heavy atom. The molecule has 0 heterocycles. The minimum atomic E-state index is -2.16. The molecule has 2 unspecified atom stereocenters. The Morgan fingerprint density at radius 3 is 2.79 bits per heavy atom. The van der Waals surface area contributed by atoms with E-state index in [0.717, 1.165) is 0 Å². The minimum absolute atomic E-state index is 0.126. The monoisotopic (exact) mass is 233 g/mol. The molecule has 0 aromatic heterocycles. The number of aliphatic hydroxyl groups excluding tert-OH is 1. The van der Waals surface area contributed by atoms with Crippen molar-refractivity contribution in [2.24, 2.45) is 0 Å². The van der Waals surface area contributed by atoms with E-state index in [0.29, 0.717) is 16.1 Å². The number of hydrogen-bond donors (Lipinski definition) is 1. The third-order valence-corrected chi connectivity index (χ3v) is 2.74. The molecule has 78 valence electrons. The van der Waals surface area contributed by atoms with Crippen LogP contribution in [0.25, 0.3) is 0 Å². The SMILES string of the molecule is CC(O)c1ccc(Cl)c(CS(=O)[O-])c1. The Morgan fingerprint density at radius 1 is 1.64 bits per heavy atom. The van der Waals surface area contributed by atoms with Crippen LogP contribution < -0.4 is 0 Å². The van der Waals surface area contributed by atoms with E-state index in [2.05, 4.69) is 0 Å². The lowest BCUT2D eigenvalue weighted by Crippen LogP contribution is -1.98. The molecule has 0 fully saturated rings. The maximum Gasteiger partial charge on any atom is 0.0762 e. The first kappa shape index (κ1) is 11.7. The minimum Gasteiger partial charge on any atom is -0.772 e. The third-order valence-electron chi connectivity index (χ3n) is 1.83. The summed E-state index contributed by atoms with van der Waals surface area (Å²) in [5.41, 5.74) is 1.17. The van der Waals surface area contributed by atoms with E-state index in [1.807, 2.05) is 0 Å². The molecule has 0 radical (unpaired) electrons. The Balaban J connectivity index is 3.02. The molecular formula is C9H10ClO3S-. The number of halogens is 1. The first-order valence-electron chi connectivity index (χ1n) is 4.03. The number of hydrogen-bond acceptors (Lipinski definition) is 3. The zero-order valence-corrected chi connectivity index (χ0v) is 9.14. The quantitative estimate of drug-likeness (QED) is 0.810. The lowest BCUT2D eigenvalue weighted by atomic mass is 10.1. The summed E-state index contributed by atoms with van der Waals surface area (Å²) in [5.74, 6) is -0.126. The molecule has 0 amide bonds. The van der Waals surface area contributed by atoms with Crippen LogP contribution in [0, 0.1) is 0 Å². The Kier molecular flexibility index (Phi) is 4.07. The summed E-state index contributed by atoms with van der Waals surface area (Å²) in [7, 11) is 0. The fraction of sp³-hybridized carbons (Fsp3) is 0.333. The van der Waals surface area contributed by atoms with Gasteiger partial charge in [0, 0.05) is 10.8 Å². The Labute approximate surface area is 90.0 Å². The molecule has 3 nitrogen and oxygen atoms in total. The zero-order valence-electron chi connectivity index (χ0n) is 7.57. The molecule has 0 saturated heterocycles. The highest BCUT2D eigenvalue weighted by Gasteiger charge is 2.05. The van der Waals surface area contributed by atoms with Gasteiger partial charge in [0.25, 0.3) is 0 Å². The smallest absolute Gasteiger partial charge is 0.0762 e. The Bertz CT molecular complexity index is 352. The van der Waals surface area contributed by atoms with Crippen LogP contribution in [0.2, 0.25) is 5.02 Å². The van der Waals surface area contributed by atoms with Crippen LogP contribution in [-0.4, -0.2) is 13.9 Å². The fourth-order valence-electron chi connectivity index (χ4n) is 1.09. The summed E-state index contributed by atoms with van der Waals surface area (Å²) in [5, 5.41) is 9.68. The van der Waals surface area contributed by atoms with Crippen molar-refractivity contribution in [1.82, 2.24) is 0 Å². The van der Waals surface area contributed by atoms with E-state index in [4.69, 9.17) is 11.6 Å². The second kappa shape index (κ2) is 4.89. The summed E-state index contributed by atoms with van der Waals surface area (Å²) < 4.78 is 21.0. The van der Waals surface area contributed by atoms with Crippen LogP contribution in [0.4, 0.5) is 0 Å². The molecular weight excluding hydrogens is 224 g/mol. The van der Waals surface area contributed by atoms with Crippen molar-refractivity contribution in [3.63, 3.8) is 0 Å². The highest BCUT2D eigenvalue weighted by atomic mass is 35.5. The molecule has 1 aromatic rings. The van der Waals surface area contributed by atoms with Crippen molar-refractivity contribution < 1.29 is 13.9 Å². The van der Waals surface area contributed by atoms with Crippen molar-refractivity contribution in [2.45, 2.75) is 18.8 Å². The van der Waals surface area contributed by atoms with Gasteiger partial charge in [-0.2, -0.15) is 0 Å². The zero-order chi connectivity index (χ0) is 10.7. The van der Waals surface area contributed by atoms with Crippen LogP contribution in [0.5, 0.6) is 0 Å². The van der Waals surface area contributed by atoms with Crippen LogP contribution in [-0.2, 0) is 16.8 Å². The average molecular weight is 234 g/mol. The van der Waals surface area contributed by atoms with Crippen LogP contribution in [0.3, 0.4) is 0 Å². The van der Waals surface area contributed by atoms with Gasteiger partial charge < -0.3 is 9.66 Å². The van der Waals surface area contributed by atoms with Gasteiger partial charge in [-0.3, -0.25) is 4.21 Å². The second-order valence-corrected chi connectivity index (χ2v) is 4.28. The molecule has 5 heteroatoms. The van der Waals surface area contributed by atoms with Crippen molar-refractivity contribution in [2.75, 3.05) is 0 Å². The van der Waals surface area contributed by atoms with Gasteiger partial charge in [0.15, 0.2) is 0 Å². The van der Waals surface area contributed by atoms with E-state index >= 15 is 0 Å². The van der Waals surface area contributed by atoms with E-state index < -0.39 is 17.2 Å². The summed E-state index contributed by atoms with van der Waals surface area (Å²) >= 11 is 3.63. The largest absolute Gasteiger partial charge is 0.772 e. The maximum atomic E-state index is 10.5. The van der Waals surface area contributed by atoms with Gasteiger partial charge in [-0.1, -0.05) is 34.8 Å². The van der Waals surface area contributed by atoms with E-state index in [1.165, 1.54) is 0 Å². The predicted octanol–water partition coefficient (Wildman–Crippen LogP) is 1.77. The molecule has 0 saturated carbocycles. The fourth-order valence-corrected chi connectivity index (χ4v) is 1.85. The topological polar surface area (TPSA) is 60.4 Å². The molecule has 1 N–H and O–H groups in total. The first-order chi connectivity index (χ1) is 6.50. The summed E-state index contributed by atoms with van der Waals surface area (Å²) in [6.45, 7) is 1.61. The van der Waals surface area contributed by atoms with Gasteiger partial charge in [0.2, 0.25) is 0 Å². The molecule has 0 aliphatic carbocycles. The Hall–Kier alpha value is -0.420. The van der Waals surface area contributed by atoms with E-state index in [9.17, 15) is 13.9 Å². The number of rotatable bonds is 3. The van der Waals surface area contributed by atoms with Crippen LogP contribution >= 0.6 is 11.6 Å². The average Bonchev–Trinajstić information content (AvgIpc) is 2.07. The van der Waals surface area contributed by atoms with Gasteiger partial charge in [0.1, 0.15) is 0 Å².